The van der Waals surface area contributed by atoms with Crippen LogP contribution in [0.15, 0.2) is 77.7 Å². The van der Waals surface area contributed by atoms with E-state index in [1.54, 1.807) is 55.5 Å². The molecular formula is C30H36ClN3O6S. The monoisotopic (exact) mass is 601 g/mol. The number of carbonyl (C=O) groups is 2. The molecule has 1 atom stereocenters. The standard InChI is InChI=1S/C30H36ClN3O6S/c1-21(2)18-32-30(36)22(3)33(19-23-11-9-10-14-26(23)31)29(35)20-34(41(37,38)25-12-7-6-8-13-25)24-15-16-27(39-4)28(17-24)40-5/h6-17,21-22H,18-20H2,1-5H3,(H,32,36)/t22-/m0/s1. The number of hydrogen-bond donors (Lipinski definition) is 1. The van der Waals surface area contributed by atoms with Crippen LogP contribution in [0.5, 0.6) is 11.5 Å². The van der Waals surface area contributed by atoms with Gasteiger partial charge in [-0.15, -0.1) is 0 Å². The van der Waals surface area contributed by atoms with Gasteiger partial charge in [0.1, 0.15) is 12.6 Å². The lowest BCUT2D eigenvalue weighted by atomic mass is 10.1. The molecule has 0 aromatic heterocycles. The topological polar surface area (TPSA) is 105 Å². The smallest absolute Gasteiger partial charge is 0.264 e. The molecule has 0 bridgehead atoms. The fraction of sp³-hybridized carbons (Fsp3) is 0.333. The van der Waals surface area contributed by atoms with Gasteiger partial charge in [-0.05, 0) is 48.7 Å². The van der Waals surface area contributed by atoms with E-state index in [2.05, 4.69) is 5.32 Å². The second-order valence-corrected chi connectivity index (χ2v) is 12.1. The first-order valence-electron chi connectivity index (χ1n) is 13.1. The average molecular weight is 602 g/mol. The lowest BCUT2D eigenvalue weighted by Gasteiger charge is -2.32. The first kappa shape index (κ1) is 31.8. The van der Waals surface area contributed by atoms with Gasteiger partial charge in [-0.3, -0.25) is 13.9 Å². The zero-order valence-corrected chi connectivity index (χ0v) is 25.4. The van der Waals surface area contributed by atoms with Crippen LogP contribution in [0.3, 0.4) is 0 Å². The summed E-state index contributed by atoms with van der Waals surface area (Å²) in [6, 6.07) is 18.5. The number of sulfonamides is 1. The van der Waals surface area contributed by atoms with Crippen molar-refractivity contribution in [2.75, 3.05) is 31.6 Å². The molecule has 0 aliphatic rings. The van der Waals surface area contributed by atoms with Crippen LogP contribution in [0.2, 0.25) is 5.02 Å². The van der Waals surface area contributed by atoms with Crippen molar-refractivity contribution in [1.82, 2.24) is 10.2 Å². The quantitative estimate of drug-likeness (QED) is 0.303. The van der Waals surface area contributed by atoms with Gasteiger partial charge in [-0.25, -0.2) is 8.42 Å². The number of amides is 2. The van der Waals surface area contributed by atoms with Crippen LogP contribution in [0.25, 0.3) is 0 Å². The Labute approximate surface area is 247 Å². The number of anilines is 1. The minimum Gasteiger partial charge on any atom is -0.493 e. The molecule has 3 rings (SSSR count). The largest absolute Gasteiger partial charge is 0.493 e. The number of halogens is 1. The Morgan fingerprint density at radius 1 is 0.902 bits per heavy atom. The zero-order valence-electron chi connectivity index (χ0n) is 23.8. The fourth-order valence-electron chi connectivity index (χ4n) is 4.07. The van der Waals surface area contributed by atoms with E-state index >= 15 is 0 Å². The summed E-state index contributed by atoms with van der Waals surface area (Å²) < 4.78 is 39.6. The van der Waals surface area contributed by atoms with Crippen LogP contribution in [0.4, 0.5) is 5.69 Å². The summed E-state index contributed by atoms with van der Waals surface area (Å²) in [4.78, 5) is 28.5. The molecule has 0 radical (unpaired) electrons. The number of carbonyl (C=O) groups excluding carboxylic acids is 2. The third-order valence-corrected chi connectivity index (χ3v) is 8.57. The number of ether oxygens (including phenoxy) is 2. The van der Waals surface area contributed by atoms with Gasteiger partial charge >= 0.3 is 0 Å². The molecule has 220 valence electrons. The molecule has 9 nitrogen and oxygen atoms in total. The highest BCUT2D eigenvalue weighted by Gasteiger charge is 2.33. The summed E-state index contributed by atoms with van der Waals surface area (Å²) in [6.07, 6.45) is 0. The second-order valence-electron chi connectivity index (χ2n) is 9.79. The first-order valence-corrected chi connectivity index (χ1v) is 14.9. The highest BCUT2D eigenvalue weighted by Crippen LogP contribution is 2.34. The summed E-state index contributed by atoms with van der Waals surface area (Å²) >= 11 is 6.41. The van der Waals surface area contributed by atoms with E-state index in [1.807, 2.05) is 13.8 Å². The maximum absolute atomic E-state index is 14.0. The third-order valence-electron chi connectivity index (χ3n) is 6.42. The van der Waals surface area contributed by atoms with Crippen LogP contribution >= 0.6 is 11.6 Å². The molecule has 2 amide bonds. The molecule has 0 spiro atoms. The number of rotatable bonds is 13. The van der Waals surface area contributed by atoms with Gasteiger partial charge in [0.25, 0.3) is 10.0 Å². The highest BCUT2D eigenvalue weighted by molar-refractivity contribution is 7.92. The van der Waals surface area contributed by atoms with Crippen LogP contribution in [0.1, 0.15) is 26.3 Å². The van der Waals surface area contributed by atoms with Crippen molar-refractivity contribution in [2.45, 2.75) is 38.3 Å². The van der Waals surface area contributed by atoms with Crippen molar-refractivity contribution in [3.05, 3.63) is 83.4 Å². The van der Waals surface area contributed by atoms with E-state index in [1.165, 1.54) is 43.4 Å². The minimum atomic E-state index is -4.21. The molecule has 3 aromatic rings. The summed E-state index contributed by atoms with van der Waals surface area (Å²) in [5.41, 5.74) is 0.809. The minimum absolute atomic E-state index is 0.0000693. The molecule has 0 unspecified atom stereocenters. The Hall–Kier alpha value is -3.76. The molecule has 0 saturated heterocycles. The number of methoxy groups -OCH3 is 2. The lowest BCUT2D eigenvalue weighted by Crippen LogP contribution is -2.51. The molecule has 0 aliphatic heterocycles. The van der Waals surface area contributed by atoms with E-state index < -0.39 is 28.5 Å². The molecule has 11 heteroatoms. The van der Waals surface area contributed by atoms with Crippen LogP contribution < -0.4 is 19.1 Å². The summed E-state index contributed by atoms with van der Waals surface area (Å²) in [5.74, 6) is -0.0555. The van der Waals surface area contributed by atoms with Gasteiger partial charge in [0.15, 0.2) is 11.5 Å². The Morgan fingerprint density at radius 2 is 1.54 bits per heavy atom. The summed E-state index contributed by atoms with van der Waals surface area (Å²) in [6.45, 7) is 5.38. The Balaban J connectivity index is 2.07. The van der Waals surface area contributed by atoms with Crippen molar-refractivity contribution in [3.8, 4) is 11.5 Å². The maximum atomic E-state index is 14.0. The molecule has 0 heterocycles. The van der Waals surface area contributed by atoms with Gasteiger partial charge in [-0.1, -0.05) is 61.8 Å². The van der Waals surface area contributed by atoms with Crippen LogP contribution in [-0.2, 0) is 26.2 Å². The molecular weight excluding hydrogens is 566 g/mol. The highest BCUT2D eigenvalue weighted by atomic mass is 35.5. The fourth-order valence-corrected chi connectivity index (χ4v) is 5.70. The Bertz CT molecular complexity index is 1450. The van der Waals surface area contributed by atoms with Crippen molar-refractivity contribution in [3.63, 3.8) is 0 Å². The molecule has 0 aliphatic carbocycles. The van der Waals surface area contributed by atoms with Crippen molar-refractivity contribution in [1.29, 1.82) is 0 Å². The van der Waals surface area contributed by atoms with Crippen molar-refractivity contribution in [2.24, 2.45) is 5.92 Å². The van der Waals surface area contributed by atoms with E-state index in [0.29, 0.717) is 28.6 Å². The molecule has 0 fully saturated rings. The summed E-state index contributed by atoms with van der Waals surface area (Å²) in [5, 5.41) is 3.28. The first-order chi connectivity index (χ1) is 19.5. The zero-order chi connectivity index (χ0) is 30.2. The Kier molecular flexibility index (Phi) is 11.0. The van der Waals surface area contributed by atoms with Gasteiger partial charge in [0.2, 0.25) is 11.8 Å². The molecule has 41 heavy (non-hydrogen) atoms. The maximum Gasteiger partial charge on any atom is 0.264 e. The predicted octanol–water partition coefficient (Wildman–Crippen LogP) is 4.74. The molecule has 1 N–H and O–H groups in total. The number of hydrogen-bond acceptors (Lipinski definition) is 6. The van der Waals surface area contributed by atoms with E-state index in [4.69, 9.17) is 21.1 Å². The molecule has 0 saturated carbocycles. The van der Waals surface area contributed by atoms with Gasteiger partial charge < -0.3 is 19.7 Å². The number of nitrogens with one attached hydrogen (secondary N) is 1. The second kappa shape index (κ2) is 14.2. The SMILES string of the molecule is COc1ccc(N(CC(=O)N(Cc2ccccc2Cl)[C@@H](C)C(=O)NCC(C)C)S(=O)(=O)c2ccccc2)cc1OC. The summed E-state index contributed by atoms with van der Waals surface area (Å²) in [7, 11) is -1.31. The van der Waals surface area contributed by atoms with Crippen molar-refractivity contribution >= 4 is 39.1 Å². The van der Waals surface area contributed by atoms with Crippen LogP contribution in [0, 0.1) is 5.92 Å². The van der Waals surface area contributed by atoms with Gasteiger partial charge in [-0.2, -0.15) is 0 Å². The normalized spacial score (nSPS) is 12.0. The predicted molar refractivity (Wildman–Crippen MR) is 160 cm³/mol. The van der Waals surface area contributed by atoms with E-state index in [0.717, 1.165) is 4.31 Å². The third kappa shape index (κ3) is 7.92. The lowest BCUT2D eigenvalue weighted by molar-refractivity contribution is -0.139. The van der Waals surface area contributed by atoms with E-state index in [-0.39, 0.29) is 29.0 Å². The van der Waals surface area contributed by atoms with Gasteiger partial charge in [0.05, 0.1) is 24.8 Å². The van der Waals surface area contributed by atoms with Gasteiger partial charge in [0, 0.05) is 24.2 Å². The van der Waals surface area contributed by atoms with Crippen molar-refractivity contribution < 1.29 is 27.5 Å². The average Bonchev–Trinajstić information content (AvgIpc) is 2.97. The van der Waals surface area contributed by atoms with E-state index in [9.17, 15) is 18.0 Å². The Morgan fingerprint density at radius 3 is 2.15 bits per heavy atom. The number of benzene rings is 3. The molecule has 3 aromatic carbocycles. The number of nitrogens with zero attached hydrogens (tertiary/aromatic N) is 2. The van der Waals surface area contributed by atoms with Crippen LogP contribution in [-0.4, -0.2) is 58.5 Å².